The predicted molar refractivity (Wildman–Crippen MR) is 101 cm³/mol. The summed E-state index contributed by atoms with van der Waals surface area (Å²) < 4.78 is 1.71. The molecular formula is C19H24N6O. The number of nitrogens with zero attached hydrogens (tertiary/aromatic N) is 5. The maximum atomic E-state index is 12.5. The van der Waals surface area contributed by atoms with Gasteiger partial charge in [0.25, 0.3) is 5.78 Å². The lowest BCUT2D eigenvalue weighted by Gasteiger charge is -2.15. The number of fused-ring (bicyclic) bond motifs is 1. The van der Waals surface area contributed by atoms with E-state index in [9.17, 15) is 4.79 Å². The number of hydrogen-bond donors (Lipinski definition) is 1. The molecule has 0 aliphatic heterocycles. The van der Waals surface area contributed by atoms with Gasteiger partial charge in [0, 0.05) is 30.0 Å². The Balaban J connectivity index is 1.70. The molecule has 0 saturated heterocycles. The van der Waals surface area contributed by atoms with Gasteiger partial charge in [-0.15, -0.1) is 0 Å². The van der Waals surface area contributed by atoms with E-state index in [1.165, 1.54) is 6.33 Å². The topological polar surface area (TPSA) is 75.4 Å². The lowest BCUT2D eigenvalue weighted by Crippen LogP contribution is -2.17. The van der Waals surface area contributed by atoms with Crippen LogP contribution >= 0.6 is 0 Å². The number of anilines is 1. The van der Waals surface area contributed by atoms with E-state index in [2.05, 4.69) is 25.3 Å². The number of aryl methyl sites for hydroxylation is 2. The smallest absolute Gasteiger partial charge is 0.252 e. The molecule has 7 nitrogen and oxygen atoms in total. The van der Waals surface area contributed by atoms with Crippen LogP contribution in [0.5, 0.6) is 0 Å². The molecule has 3 rings (SSSR count). The molecule has 7 heteroatoms. The molecule has 0 saturated carbocycles. The van der Waals surface area contributed by atoms with E-state index < -0.39 is 0 Å². The Morgan fingerprint density at radius 3 is 2.77 bits per heavy atom. The van der Waals surface area contributed by atoms with Crippen LogP contribution in [0.15, 0.2) is 30.6 Å². The summed E-state index contributed by atoms with van der Waals surface area (Å²) in [7, 11) is 4.02. The van der Waals surface area contributed by atoms with Gasteiger partial charge in [-0.05, 0) is 51.6 Å². The van der Waals surface area contributed by atoms with Gasteiger partial charge in [-0.1, -0.05) is 18.2 Å². The average Bonchev–Trinajstić information content (AvgIpc) is 3.04. The van der Waals surface area contributed by atoms with Crippen molar-refractivity contribution in [3.05, 3.63) is 53.1 Å². The molecular weight excluding hydrogens is 328 g/mol. The fraction of sp³-hybridized carbons (Fsp3) is 0.368. The zero-order valence-corrected chi connectivity index (χ0v) is 15.7. The van der Waals surface area contributed by atoms with Crippen LogP contribution < -0.4 is 5.32 Å². The van der Waals surface area contributed by atoms with E-state index in [0.717, 1.165) is 34.7 Å². The van der Waals surface area contributed by atoms with Crippen molar-refractivity contribution < 1.29 is 4.79 Å². The minimum atomic E-state index is -0.00584. The van der Waals surface area contributed by atoms with Crippen molar-refractivity contribution in [1.29, 1.82) is 0 Å². The Morgan fingerprint density at radius 2 is 2.00 bits per heavy atom. The molecule has 0 bridgehead atoms. The van der Waals surface area contributed by atoms with Gasteiger partial charge >= 0.3 is 0 Å². The average molecular weight is 352 g/mol. The Labute approximate surface area is 153 Å². The maximum absolute atomic E-state index is 12.5. The lowest BCUT2D eigenvalue weighted by atomic mass is 10.1. The fourth-order valence-corrected chi connectivity index (χ4v) is 3.09. The zero-order chi connectivity index (χ0) is 18.7. The summed E-state index contributed by atoms with van der Waals surface area (Å²) in [6.45, 7) is 4.71. The Bertz CT molecular complexity index is 931. The van der Waals surface area contributed by atoms with E-state index >= 15 is 0 Å². The molecule has 0 fully saturated rings. The highest BCUT2D eigenvalue weighted by Gasteiger charge is 2.13. The van der Waals surface area contributed by atoms with E-state index in [0.29, 0.717) is 18.6 Å². The molecule has 0 atom stereocenters. The number of nitrogens with one attached hydrogen (secondary N) is 1. The van der Waals surface area contributed by atoms with E-state index in [4.69, 9.17) is 0 Å². The fourth-order valence-electron chi connectivity index (χ4n) is 3.09. The summed E-state index contributed by atoms with van der Waals surface area (Å²) in [4.78, 5) is 23.1. The van der Waals surface area contributed by atoms with Crippen LogP contribution in [0, 0.1) is 13.8 Å². The van der Waals surface area contributed by atoms with Crippen molar-refractivity contribution in [1.82, 2.24) is 24.5 Å². The van der Waals surface area contributed by atoms with Gasteiger partial charge in [-0.25, -0.2) is 9.50 Å². The van der Waals surface area contributed by atoms with Gasteiger partial charge in [0.2, 0.25) is 5.91 Å². The maximum Gasteiger partial charge on any atom is 0.252 e. The van der Waals surface area contributed by atoms with Crippen LogP contribution in [0.3, 0.4) is 0 Å². The van der Waals surface area contributed by atoms with Crippen LogP contribution in [0.2, 0.25) is 0 Å². The van der Waals surface area contributed by atoms with Crippen molar-refractivity contribution in [3.63, 3.8) is 0 Å². The number of carbonyl (C=O) groups excluding carboxylic acids is 1. The predicted octanol–water partition coefficient (Wildman–Crippen LogP) is 2.37. The first-order valence-electron chi connectivity index (χ1n) is 8.64. The third-order valence-electron chi connectivity index (χ3n) is 4.37. The van der Waals surface area contributed by atoms with Gasteiger partial charge < -0.3 is 10.2 Å². The van der Waals surface area contributed by atoms with Crippen LogP contribution in [0.4, 0.5) is 5.69 Å². The number of amides is 1. The van der Waals surface area contributed by atoms with Gasteiger partial charge in [-0.3, -0.25) is 4.79 Å². The number of para-hydroxylation sites is 1. The van der Waals surface area contributed by atoms with Crippen LogP contribution in [-0.4, -0.2) is 44.5 Å². The summed E-state index contributed by atoms with van der Waals surface area (Å²) in [6, 6.07) is 7.90. The number of hydrogen-bond acceptors (Lipinski definition) is 5. The molecule has 0 aliphatic rings. The summed E-state index contributed by atoms with van der Waals surface area (Å²) in [6.07, 6.45) is 2.49. The van der Waals surface area contributed by atoms with Crippen molar-refractivity contribution in [2.45, 2.75) is 33.2 Å². The third kappa shape index (κ3) is 3.88. The molecule has 0 unspecified atom stereocenters. The molecule has 0 radical (unpaired) electrons. The molecule has 0 aliphatic carbocycles. The molecule has 1 amide bonds. The summed E-state index contributed by atoms with van der Waals surface area (Å²) in [5, 5.41) is 7.23. The number of carbonyl (C=O) groups is 1. The van der Waals surface area contributed by atoms with Crippen LogP contribution in [-0.2, 0) is 17.8 Å². The molecule has 26 heavy (non-hydrogen) atoms. The Hall–Kier alpha value is -2.80. The highest BCUT2D eigenvalue weighted by atomic mass is 16.1. The monoisotopic (exact) mass is 352 g/mol. The second kappa shape index (κ2) is 7.61. The Morgan fingerprint density at radius 1 is 1.23 bits per heavy atom. The van der Waals surface area contributed by atoms with E-state index in [1.54, 1.807) is 4.52 Å². The molecule has 2 heterocycles. The lowest BCUT2D eigenvalue weighted by molar-refractivity contribution is -0.116. The first kappa shape index (κ1) is 18.0. The molecule has 1 N–H and O–H groups in total. The van der Waals surface area contributed by atoms with Crippen LogP contribution in [0.1, 0.15) is 28.9 Å². The molecule has 136 valence electrons. The summed E-state index contributed by atoms with van der Waals surface area (Å²) in [5.74, 6) is 0.583. The SMILES string of the molecule is Cc1nc2ncnn2c(C)c1CCC(=O)Nc1ccccc1CN(C)C. The first-order chi connectivity index (χ1) is 12.5. The molecule has 0 spiro atoms. The van der Waals surface area contributed by atoms with Gasteiger partial charge in [0.1, 0.15) is 6.33 Å². The molecule has 1 aromatic carbocycles. The zero-order valence-electron chi connectivity index (χ0n) is 15.7. The van der Waals surface area contributed by atoms with Crippen molar-refractivity contribution in [2.75, 3.05) is 19.4 Å². The molecule has 3 aromatic rings. The van der Waals surface area contributed by atoms with Gasteiger partial charge in [0.15, 0.2) is 0 Å². The standard InChI is InChI=1S/C19H24N6O/c1-13-16(14(2)25-19(22-13)20-12-21-25)9-10-18(26)23-17-8-6-5-7-15(17)11-24(3)4/h5-8,12H,9-11H2,1-4H3,(H,23,26). The number of benzene rings is 1. The van der Waals surface area contributed by atoms with E-state index in [-0.39, 0.29) is 5.91 Å². The highest BCUT2D eigenvalue weighted by Crippen LogP contribution is 2.18. The summed E-state index contributed by atoms with van der Waals surface area (Å²) >= 11 is 0. The van der Waals surface area contributed by atoms with Gasteiger partial charge in [0.05, 0.1) is 0 Å². The summed E-state index contributed by atoms with van der Waals surface area (Å²) in [5.41, 5.74) is 4.88. The second-order valence-electron chi connectivity index (χ2n) is 6.68. The number of aromatic nitrogens is 4. The first-order valence-corrected chi connectivity index (χ1v) is 8.64. The third-order valence-corrected chi connectivity index (χ3v) is 4.37. The highest BCUT2D eigenvalue weighted by molar-refractivity contribution is 5.91. The molecule has 2 aromatic heterocycles. The van der Waals surface area contributed by atoms with Crippen molar-refractivity contribution in [2.24, 2.45) is 0 Å². The van der Waals surface area contributed by atoms with Crippen molar-refractivity contribution in [3.8, 4) is 0 Å². The largest absolute Gasteiger partial charge is 0.326 e. The second-order valence-corrected chi connectivity index (χ2v) is 6.68. The quantitative estimate of drug-likeness (QED) is 0.737. The minimum Gasteiger partial charge on any atom is -0.326 e. The minimum absolute atomic E-state index is 0.00584. The van der Waals surface area contributed by atoms with Crippen LogP contribution in [0.25, 0.3) is 5.78 Å². The normalized spacial score (nSPS) is 11.3. The Kier molecular flexibility index (Phi) is 5.27. The number of rotatable bonds is 6. The van der Waals surface area contributed by atoms with Crippen molar-refractivity contribution >= 4 is 17.4 Å². The van der Waals surface area contributed by atoms with Gasteiger partial charge in [-0.2, -0.15) is 10.1 Å². The van der Waals surface area contributed by atoms with E-state index in [1.807, 2.05) is 52.2 Å².